The van der Waals surface area contributed by atoms with E-state index in [1.54, 1.807) is 14.2 Å². The maximum atomic E-state index is 5.73. The zero-order valence-corrected chi connectivity index (χ0v) is 13.9. The van der Waals surface area contributed by atoms with Crippen molar-refractivity contribution < 1.29 is 9.47 Å². The van der Waals surface area contributed by atoms with Gasteiger partial charge in [0.2, 0.25) is 0 Å². The van der Waals surface area contributed by atoms with Crippen molar-refractivity contribution in [3.8, 4) is 22.6 Å². The molecule has 0 saturated heterocycles. The lowest BCUT2D eigenvalue weighted by Crippen LogP contribution is -2.14. The number of fused-ring (bicyclic) bond motifs is 5. The number of rotatable bonds is 2. The summed E-state index contributed by atoms with van der Waals surface area (Å²) in [5, 5.41) is 2.32. The third-order valence-electron chi connectivity index (χ3n) is 5.07. The number of benzene rings is 3. The van der Waals surface area contributed by atoms with Crippen molar-refractivity contribution in [1.29, 1.82) is 0 Å². The number of hydrogen-bond donors (Lipinski definition) is 0. The van der Waals surface area contributed by atoms with Crippen molar-refractivity contribution in [2.45, 2.75) is 19.3 Å². The molecule has 0 fully saturated rings. The molecular weight excluding hydrogens is 284 g/mol. The van der Waals surface area contributed by atoms with Crippen LogP contribution in [0.3, 0.4) is 0 Å². The van der Waals surface area contributed by atoms with Crippen molar-refractivity contribution in [1.82, 2.24) is 0 Å². The third kappa shape index (κ3) is 1.75. The monoisotopic (exact) mass is 304 g/mol. The van der Waals surface area contributed by atoms with Gasteiger partial charge in [-0.15, -0.1) is 0 Å². The van der Waals surface area contributed by atoms with E-state index in [4.69, 9.17) is 9.47 Å². The topological polar surface area (TPSA) is 18.5 Å². The Balaban J connectivity index is 2.22. The van der Waals surface area contributed by atoms with Gasteiger partial charge in [-0.3, -0.25) is 0 Å². The molecule has 0 radical (unpaired) electrons. The van der Waals surface area contributed by atoms with Crippen LogP contribution in [0.4, 0.5) is 0 Å². The number of ether oxygens (including phenoxy) is 2. The molecule has 3 aromatic rings. The van der Waals surface area contributed by atoms with Gasteiger partial charge in [-0.05, 0) is 33.7 Å². The molecule has 3 aromatic carbocycles. The molecule has 23 heavy (non-hydrogen) atoms. The molecule has 0 amide bonds. The summed E-state index contributed by atoms with van der Waals surface area (Å²) in [7, 11) is 3.40. The Bertz CT molecular complexity index is 923. The van der Waals surface area contributed by atoms with Gasteiger partial charge in [0.1, 0.15) is 0 Å². The van der Waals surface area contributed by atoms with Gasteiger partial charge in [0.05, 0.1) is 14.2 Å². The number of methoxy groups -OCH3 is 2. The van der Waals surface area contributed by atoms with Gasteiger partial charge in [-0.1, -0.05) is 56.3 Å². The Hall–Kier alpha value is -2.48. The summed E-state index contributed by atoms with van der Waals surface area (Å²) in [4.78, 5) is 0. The first-order valence-electron chi connectivity index (χ1n) is 7.87. The molecule has 2 nitrogen and oxygen atoms in total. The predicted molar refractivity (Wildman–Crippen MR) is 94.6 cm³/mol. The van der Waals surface area contributed by atoms with Crippen LogP contribution in [0, 0.1) is 0 Å². The normalized spacial score (nSPS) is 14.4. The van der Waals surface area contributed by atoms with Crippen molar-refractivity contribution in [2.24, 2.45) is 0 Å². The summed E-state index contributed by atoms with van der Waals surface area (Å²) in [6.07, 6.45) is 0. The molecule has 0 atom stereocenters. The fourth-order valence-corrected chi connectivity index (χ4v) is 3.92. The van der Waals surface area contributed by atoms with Crippen LogP contribution in [0.15, 0.2) is 48.5 Å². The first-order chi connectivity index (χ1) is 11.1. The van der Waals surface area contributed by atoms with E-state index in [1.807, 2.05) is 6.07 Å². The second-order valence-corrected chi connectivity index (χ2v) is 6.56. The maximum absolute atomic E-state index is 5.73. The van der Waals surface area contributed by atoms with Crippen molar-refractivity contribution in [2.75, 3.05) is 14.2 Å². The molecule has 1 aliphatic rings. The number of hydrogen-bond acceptors (Lipinski definition) is 2. The highest BCUT2D eigenvalue weighted by Crippen LogP contribution is 2.53. The van der Waals surface area contributed by atoms with Crippen LogP contribution in [0.5, 0.6) is 11.5 Å². The van der Waals surface area contributed by atoms with E-state index in [9.17, 15) is 0 Å². The van der Waals surface area contributed by atoms with Gasteiger partial charge in [-0.25, -0.2) is 0 Å². The van der Waals surface area contributed by atoms with Crippen LogP contribution in [0.2, 0.25) is 0 Å². The van der Waals surface area contributed by atoms with E-state index in [1.165, 1.54) is 27.6 Å². The lowest BCUT2D eigenvalue weighted by Gasteiger charge is -2.22. The Morgan fingerprint density at radius 1 is 0.783 bits per heavy atom. The van der Waals surface area contributed by atoms with E-state index in [0.717, 1.165) is 16.9 Å². The van der Waals surface area contributed by atoms with Gasteiger partial charge < -0.3 is 9.47 Å². The van der Waals surface area contributed by atoms with Crippen molar-refractivity contribution in [3.05, 3.63) is 59.7 Å². The van der Waals surface area contributed by atoms with E-state index < -0.39 is 0 Å². The second kappa shape index (κ2) is 4.76. The summed E-state index contributed by atoms with van der Waals surface area (Å²) < 4.78 is 11.3. The Morgan fingerprint density at radius 3 is 2.26 bits per heavy atom. The Labute approximate surface area is 136 Å². The Morgan fingerprint density at radius 2 is 1.52 bits per heavy atom. The quantitative estimate of drug-likeness (QED) is 0.651. The largest absolute Gasteiger partial charge is 0.493 e. The maximum Gasteiger partial charge on any atom is 0.169 e. The van der Waals surface area contributed by atoms with Crippen LogP contribution in [0.25, 0.3) is 21.9 Å². The molecule has 0 saturated carbocycles. The smallest absolute Gasteiger partial charge is 0.169 e. The van der Waals surface area contributed by atoms with Gasteiger partial charge >= 0.3 is 0 Å². The minimum absolute atomic E-state index is 0.00575. The predicted octanol–water partition coefficient (Wildman–Crippen LogP) is 5.16. The van der Waals surface area contributed by atoms with Crippen molar-refractivity contribution in [3.63, 3.8) is 0 Å². The molecule has 0 aromatic heterocycles. The average molecular weight is 304 g/mol. The van der Waals surface area contributed by atoms with Crippen LogP contribution in [-0.4, -0.2) is 14.2 Å². The molecule has 0 spiro atoms. The highest BCUT2D eigenvalue weighted by Gasteiger charge is 2.36. The van der Waals surface area contributed by atoms with E-state index in [2.05, 4.69) is 56.3 Å². The van der Waals surface area contributed by atoms with Gasteiger partial charge in [-0.2, -0.15) is 0 Å². The minimum atomic E-state index is -0.00575. The summed E-state index contributed by atoms with van der Waals surface area (Å²) in [6, 6.07) is 17.2. The summed E-state index contributed by atoms with van der Waals surface area (Å²) >= 11 is 0. The van der Waals surface area contributed by atoms with E-state index in [0.29, 0.717) is 0 Å². The zero-order valence-electron chi connectivity index (χ0n) is 13.9. The molecule has 0 unspecified atom stereocenters. The van der Waals surface area contributed by atoms with E-state index in [-0.39, 0.29) is 5.41 Å². The summed E-state index contributed by atoms with van der Waals surface area (Å²) in [5.41, 5.74) is 5.28. The van der Waals surface area contributed by atoms with Gasteiger partial charge in [0, 0.05) is 10.8 Å². The van der Waals surface area contributed by atoms with Crippen LogP contribution >= 0.6 is 0 Å². The lowest BCUT2D eigenvalue weighted by molar-refractivity contribution is 0.358. The van der Waals surface area contributed by atoms with Crippen LogP contribution in [0.1, 0.15) is 25.0 Å². The van der Waals surface area contributed by atoms with Gasteiger partial charge in [0.25, 0.3) is 0 Å². The first kappa shape index (κ1) is 14.1. The summed E-state index contributed by atoms with van der Waals surface area (Å²) in [6.45, 7) is 4.58. The van der Waals surface area contributed by atoms with Crippen LogP contribution in [-0.2, 0) is 5.41 Å². The molecule has 0 N–H and O–H groups in total. The molecule has 2 heteroatoms. The van der Waals surface area contributed by atoms with Crippen molar-refractivity contribution >= 4 is 10.8 Å². The molecule has 116 valence electrons. The fraction of sp³-hybridized carbons (Fsp3) is 0.238. The molecule has 1 aliphatic carbocycles. The zero-order chi connectivity index (χ0) is 16.2. The standard InChI is InChI=1S/C21H20O2/c1-21(2)15-8-6-5-7-14(15)19-16(21)11-9-13-10-12-17(22-3)20(23-4)18(13)19/h5-12H,1-4H3. The van der Waals surface area contributed by atoms with Gasteiger partial charge in [0.15, 0.2) is 11.5 Å². The molecule has 0 bridgehead atoms. The summed E-state index contributed by atoms with van der Waals surface area (Å²) in [5.74, 6) is 1.59. The molecule has 4 rings (SSSR count). The third-order valence-corrected chi connectivity index (χ3v) is 5.07. The molecular formula is C21H20O2. The average Bonchev–Trinajstić information content (AvgIpc) is 2.82. The highest BCUT2D eigenvalue weighted by molar-refractivity contribution is 6.06. The lowest BCUT2D eigenvalue weighted by atomic mass is 9.82. The SMILES string of the molecule is COc1ccc2ccc3c(c2c1OC)-c1ccccc1C3(C)C. The van der Waals surface area contributed by atoms with Crippen LogP contribution < -0.4 is 9.47 Å². The first-order valence-corrected chi connectivity index (χ1v) is 7.87. The molecule has 0 heterocycles. The minimum Gasteiger partial charge on any atom is -0.493 e. The van der Waals surface area contributed by atoms with E-state index >= 15 is 0 Å². The fourth-order valence-electron chi connectivity index (χ4n) is 3.92. The molecule has 0 aliphatic heterocycles. The highest BCUT2D eigenvalue weighted by atomic mass is 16.5. The Kier molecular flexibility index (Phi) is 2.92. The second-order valence-electron chi connectivity index (χ2n) is 6.56.